The first kappa shape index (κ1) is 17.5. The largest absolute Gasteiger partial charge is 0.309 e. The highest BCUT2D eigenvalue weighted by atomic mass is 35.5. The van der Waals surface area contributed by atoms with E-state index < -0.39 is 0 Å². The highest BCUT2D eigenvalue weighted by Gasteiger charge is 2.33. The Morgan fingerprint density at radius 2 is 2.10 bits per heavy atom. The van der Waals surface area contributed by atoms with Crippen molar-refractivity contribution in [3.63, 3.8) is 0 Å². The Labute approximate surface area is 140 Å². The number of halogens is 2. The molecule has 3 atom stereocenters. The molecule has 0 aliphatic carbocycles. The SMILES string of the molecule is CCCNC(c1ccc(Cl)cc1F)C1SCCSC1CC. The second-order valence-electron chi connectivity index (χ2n) is 5.25. The first-order chi connectivity index (χ1) is 10.2. The first-order valence-electron chi connectivity index (χ1n) is 7.58. The Morgan fingerprint density at radius 3 is 2.76 bits per heavy atom. The molecule has 118 valence electrons. The minimum Gasteiger partial charge on any atom is -0.309 e. The summed E-state index contributed by atoms with van der Waals surface area (Å²) in [4.78, 5) is 0. The zero-order valence-electron chi connectivity index (χ0n) is 12.6. The molecule has 1 aromatic carbocycles. The fraction of sp³-hybridized carbons (Fsp3) is 0.625. The summed E-state index contributed by atoms with van der Waals surface area (Å²) in [5, 5.41) is 5.01. The van der Waals surface area contributed by atoms with Gasteiger partial charge in [-0.3, -0.25) is 0 Å². The fourth-order valence-electron chi connectivity index (χ4n) is 2.70. The molecule has 1 nitrogen and oxygen atoms in total. The van der Waals surface area contributed by atoms with E-state index in [0.29, 0.717) is 15.5 Å². The van der Waals surface area contributed by atoms with Gasteiger partial charge in [0.25, 0.3) is 0 Å². The smallest absolute Gasteiger partial charge is 0.129 e. The topological polar surface area (TPSA) is 12.0 Å². The van der Waals surface area contributed by atoms with Crippen LogP contribution in [0.25, 0.3) is 0 Å². The lowest BCUT2D eigenvalue weighted by Gasteiger charge is -2.37. The molecule has 0 bridgehead atoms. The minimum absolute atomic E-state index is 0.0602. The van der Waals surface area contributed by atoms with Crippen LogP contribution in [-0.2, 0) is 0 Å². The van der Waals surface area contributed by atoms with Gasteiger partial charge in [-0.05, 0) is 31.5 Å². The van der Waals surface area contributed by atoms with Gasteiger partial charge in [0.15, 0.2) is 0 Å². The summed E-state index contributed by atoms with van der Waals surface area (Å²) in [7, 11) is 0. The second-order valence-corrected chi connectivity index (χ2v) is 8.32. The third kappa shape index (κ3) is 4.54. The van der Waals surface area contributed by atoms with Crippen molar-refractivity contribution in [3.8, 4) is 0 Å². The van der Waals surface area contributed by atoms with Crippen molar-refractivity contribution in [2.75, 3.05) is 18.1 Å². The van der Waals surface area contributed by atoms with Gasteiger partial charge < -0.3 is 5.32 Å². The average molecular weight is 348 g/mol. The molecule has 0 radical (unpaired) electrons. The summed E-state index contributed by atoms with van der Waals surface area (Å²) in [6.45, 7) is 5.28. The third-order valence-electron chi connectivity index (χ3n) is 3.73. The van der Waals surface area contributed by atoms with Crippen LogP contribution in [0, 0.1) is 5.82 Å². The van der Waals surface area contributed by atoms with E-state index in [9.17, 15) is 4.39 Å². The van der Waals surface area contributed by atoms with Crippen LogP contribution in [-0.4, -0.2) is 28.6 Å². The van der Waals surface area contributed by atoms with Crippen molar-refractivity contribution < 1.29 is 4.39 Å². The van der Waals surface area contributed by atoms with E-state index in [2.05, 4.69) is 19.2 Å². The number of rotatable bonds is 6. The Hall–Kier alpha value is 0.1000. The molecular weight excluding hydrogens is 325 g/mol. The standard InChI is InChI=1S/C16H23ClFNS2/c1-3-7-19-15(12-6-5-11(17)10-13(12)18)16-14(4-2)20-8-9-21-16/h5-6,10,14-16,19H,3-4,7-9H2,1-2H3. The molecule has 1 aliphatic rings. The van der Waals surface area contributed by atoms with E-state index in [1.807, 2.05) is 29.6 Å². The Bertz CT molecular complexity index is 458. The maximum atomic E-state index is 14.4. The van der Waals surface area contributed by atoms with E-state index >= 15 is 0 Å². The summed E-state index contributed by atoms with van der Waals surface area (Å²) in [6, 6.07) is 5.13. The molecule has 21 heavy (non-hydrogen) atoms. The van der Waals surface area contributed by atoms with Crippen LogP contribution in [0.2, 0.25) is 5.02 Å². The predicted molar refractivity (Wildman–Crippen MR) is 95.2 cm³/mol. The van der Waals surface area contributed by atoms with Crippen LogP contribution in [0.5, 0.6) is 0 Å². The predicted octanol–water partition coefficient (Wildman–Crippen LogP) is 5.15. The monoisotopic (exact) mass is 347 g/mol. The summed E-state index contributed by atoms with van der Waals surface area (Å²) in [5.74, 6) is 2.15. The first-order valence-corrected chi connectivity index (χ1v) is 10.1. The van der Waals surface area contributed by atoms with Crippen molar-refractivity contribution in [2.45, 2.75) is 43.2 Å². The Morgan fingerprint density at radius 1 is 1.33 bits per heavy atom. The molecule has 1 N–H and O–H groups in total. The molecule has 0 aromatic heterocycles. The van der Waals surface area contributed by atoms with Crippen molar-refractivity contribution >= 4 is 35.1 Å². The highest BCUT2D eigenvalue weighted by molar-refractivity contribution is 8.07. The number of hydrogen-bond acceptors (Lipinski definition) is 3. The quantitative estimate of drug-likeness (QED) is 0.764. The van der Waals surface area contributed by atoms with Gasteiger partial charge in [-0.1, -0.05) is 31.5 Å². The molecule has 5 heteroatoms. The van der Waals surface area contributed by atoms with Gasteiger partial charge >= 0.3 is 0 Å². The van der Waals surface area contributed by atoms with Gasteiger partial charge in [0.2, 0.25) is 0 Å². The van der Waals surface area contributed by atoms with Gasteiger partial charge in [-0.2, -0.15) is 23.5 Å². The van der Waals surface area contributed by atoms with E-state index in [1.54, 1.807) is 6.07 Å². The maximum Gasteiger partial charge on any atom is 0.129 e. The van der Waals surface area contributed by atoms with Crippen LogP contribution in [0.1, 0.15) is 38.3 Å². The molecule has 1 saturated heterocycles. The Balaban J connectivity index is 2.27. The lowest BCUT2D eigenvalue weighted by molar-refractivity contribution is 0.473. The number of thioether (sulfide) groups is 2. The maximum absolute atomic E-state index is 14.4. The van der Waals surface area contributed by atoms with E-state index in [1.165, 1.54) is 11.8 Å². The van der Waals surface area contributed by atoms with Gasteiger partial charge in [-0.25, -0.2) is 4.39 Å². The van der Waals surface area contributed by atoms with Crippen LogP contribution in [0.4, 0.5) is 4.39 Å². The molecule has 0 amide bonds. The van der Waals surface area contributed by atoms with Crippen molar-refractivity contribution in [2.24, 2.45) is 0 Å². The number of hydrogen-bond donors (Lipinski definition) is 1. The molecule has 2 rings (SSSR count). The van der Waals surface area contributed by atoms with E-state index in [4.69, 9.17) is 11.6 Å². The summed E-state index contributed by atoms with van der Waals surface area (Å²) < 4.78 is 14.4. The summed E-state index contributed by atoms with van der Waals surface area (Å²) in [6.07, 6.45) is 2.18. The van der Waals surface area contributed by atoms with Gasteiger partial charge in [0, 0.05) is 38.6 Å². The summed E-state index contributed by atoms with van der Waals surface area (Å²) in [5.41, 5.74) is 0.756. The minimum atomic E-state index is -0.192. The highest BCUT2D eigenvalue weighted by Crippen LogP contribution is 2.41. The molecule has 0 spiro atoms. The zero-order chi connectivity index (χ0) is 15.2. The van der Waals surface area contributed by atoms with Gasteiger partial charge in [0.05, 0.1) is 0 Å². The average Bonchev–Trinajstić information content (AvgIpc) is 2.49. The van der Waals surface area contributed by atoms with Crippen LogP contribution >= 0.6 is 35.1 Å². The third-order valence-corrected chi connectivity index (χ3v) is 7.32. The second kappa shape index (κ2) is 8.66. The van der Waals surface area contributed by atoms with Gasteiger partial charge in [-0.15, -0.1) is 0 Å². The zero-order valence-corrected chi connectivity index (χ0v) is 15.0. The van der Waals surface area contributed by atoms with E-state index in [0.717, 1.165) is 30.7 Å². The Kier molecular flexibility index (Phi) is 7.20. The fourth-order valence-corrected chi connectivity index (χ4v) is 6.10. The number of benzene rings is 1. The molecular formula is C16H23ClFNS2. The normalized spacial score (nSPS) is 24.0. The van der Waals surface area contributed by atoms with Crippen molar-refractivity contribution in [1.82, 2.24) is 5.32 Å². The van der Waals surface area contributed by atoms with Gasteiger partial charge in [0.1, 0.15) is 5.82 Å². The van der Waals surface area contributed by atoms with Crippen LogP contribution < -0.4 is 5.32 Å². The molecule has 1 heterocycles. The van der Waals surface area contributed by atoms with Crippen LogP contribution in [0.3, 0.4) is 0 Å². The molecule has 1 fully saturated rings. The number of nitrogens with one attached hydrogen (secondary N) is 1. The van der Waals surface area contributed by atoms with E-state index in [-0.39, 0.29) is 11.9 Å². The molecule has 3 unspecified atom stereocenters. The van der Waals surface area contributed by atoms with Crippen molar-refractivity contribution in [3.05, 3.63) is 34.6 Å². The molecule has 1 aliphatic heterocycles. The lowest BCUT2D eigenvalue weighted by atomic mass is 9.99. The van der Waals surface area contributed by atoms with Crippen LogP contribution in [0.15, 0.2) is 18.2 Å². The molecule has 1 aromatic rings. The lowest BCUT2D eigenvalue weighted by Crippen LogP contribution is -2.39. The molecule has 0 saturated carbocycles. The van der Waals surface area contributed by atoms with Crippen molar-refractivity contribution in [1.29, 1.82) is 0 Å². The summed E-state index contributed by atoms with van der Waals surface area (Å²) >= 11 is 9.90.